The van der Waals surface area contributed by atoms with E-state index in [-0.39, 0.29) is 31.2 Å². The molecule has 0 saturated carbocycles. The van der Waals surface area contributed by atoms with Gasteiger partial charge < -0.3 is 11.1 Å². The fourth-order valence-electron chi connectivity index (χ4n) is 5.43. The zero-order valence-corrected chi connectivity index (χ0v) is 25.8. The number of anilines is 1. The molecule has 3 aromatic heterocycles. The molecule has 1 saturated heterocycles. The minimum Gasteiger partial charge on any atom is -0.364 e. The largest absolute Gasteiger partial charge is 0.416 e. The molecule has 2 unspecified atom stereocenters. The van der Waals surface area contributed by atoms with Crippen LogP contribution in [0, 0.1) is 0 Å². The Hall–Kier alpha value is -3.66. The van der Waals surface area contributed by atoms with Crippen molar-refractivity contribution < 1.29 is 39.1 Å². The molecule has 1 aromatic carbocycles. The maximum atomic E-state index is 15.1. The Morgan fingerprint density at radius 2 is 1.87 bits per heavy atom. The summed E-state index contributed by atoms with van der Waals surface area (Å²) in [5, 5.41) is 3.14. The van der Waals surface area contributed by atoms with E-state index < -0.39 is 69.1 Å². The van der Waals surface area contributed by atoms with Crippen molar-refractivity contribution in [1.82, 2.24) is 9.97 Å². The third-order valence-corrected chi connectivity index (χ3v) is 11.5. The molecule has 0 aliphatic carbocycles. The Kier molecular flexibility index (Phi) is 8.68. The van der Waals surface area contributed by atoms with Crippen LogP contribution in [0.2, 0.25) is 4.34 Å². The molecule has 5 rings (SSSR count). The Balaban J connectivity index is 1.66. The summed E-state index contributed by atoms with van der Waals surface area (Å²) in [7, 11) is -4.71. The average molecular weight is 687 g/mol. The van der Waals surface area contributed by atoms with E-state index in [2.05, 4.69) is 15.3 Å². The molecule has 45 heavy (non-hydrogen) atoms. The van der Waals surface area contributed by atoms with E-state index in [9.17, 15) is 26.4 Å². The molecule has 1 aliphatic heterocycles. The number of carbonyl (C=O) groups excluding carboxylic acids is 1. The second kappa shape index (κ2) is 11.9. The third kappa shape index (κ3) is 6.66. The molecule has 4 heterocycles. The molecule has 0 bridgehead atoms. The highest BCUT2D eigenvalue weighted by Gasteiger charge is 2.65. The maximum Gasteiger partial charge on any atom is 0.416 e. The van der Waals surface area contributed by atoms with Crippen LogP contribution >= 0.6 is 22.9 Å². The van der Waals surface area contributed by atoms with Crippen LogP contribution in [0.15, 0.2) is 77.1 Å². The summed E-state index contributed by atoms with van der Waals surface area (Å²) in [6.07, 6.45) is -4.10. The number of primary amides is 1. The summed E-state index contributed by atoms with van der Waals surface area (Å²) >= 11 is 6.65. The molecule has 1 amide bonds. The predicted octanol–water partition coefficient (Wildman–Crippen LogP) is 6.65. The van der Waals surface area contributed by atoms with E-state index in [4.69, 9.17) is 17.3 Å². The molecular weight excluding hydrogens is 661 g/mol. The number of hydrogen-bond donors (Lipinski definition) is 2. The number of nitrogens with two attached hydrogens (primary N) is 1. The minimum absolute atomic E-state index is 0.0943. The van der Waals surface area contributed by atoms with Crippen molar-refractivity contribution in [2.24, 2.45) is 5.73 Å². The Labute approximate surface area is 264 Å². The lowest BCUT2D eigenvalue weighted by atomic mass is 10.1. The number of nitrogens with one attached hydrogen (secondary N) is 1. The van der Waals surface area contributed by atoms with Gasteiger partial charge in [-0.15, -0.1) is 11.3 Å². The number of hydrogen-bond acceptors (Lipinski definition) is 7. The van der Waals surface area contributed by atoms with Gasteiger partial charge in [0.15, 0.2) is 16.8 Å². The molecule has 0 radical (unpaired) electrons. The highest BCUT2D eigenvalue weighted by molar-refractivity contribution is 7.88. The van der Waals surface area contributed by atoms with Crippen molar-refractivity contribution in [1.29, 1.82) is 0 Å². The van der Waals surface area contributed by atoms with Crippen molar-refractivity contribution >= 4 is 44.7 Å². The standard InChI is InChI=1S/C29H25ClF5N5O3S2/c1-17(21-4-2-3-11-37-21)38-25-13-18(12-22(39-25)19-5-7-20(8-6-19)29(33,34)35)15-40(16-28(31,32)14-23(40)27(36)41)45(42,43)26-10-9-24(30)44-26/h2-13,17,23H,14-16H2,1H3,(H2-,36,38,39,41)/p+1/t17?,23-,40?/m0/s1. The second-order valence-corrected chi connectivity index (χ2v) is 14.8. The number of thiophene rings is 1. The van der Waals surface area contributed by atoms with Crippen LogP contribution < -0.4 is 11.1 Å². The number of nitrogens with zero attached hydrogens (tertiary/aromatic N) is 3. The number of benzene rings is 1. The first-order chi connectivity index (χ1) is 21.0. The number of quaternary nitrogens is 1. The lowest BCUT2D eigenvalue weighted by molar-refractivity contribution is -0.827. The fourth-order valence-corrected chi connectivity index (χ4v) is 9.27. The van der Waals surface area contributed by atoms with Crippen molar-refractivity contribution in [3.8, 4) is 11.3 Å². The van der Waals surface area contributed by atoms with E-state index >= 15 is 8.78 Å². The van der Waals surface area contributed by atoms with Gasteiger partial charge in [0.05, 0.1) is 33.8 Å². The Morgan fingerprint density at radius 1 is 1.16 bits per heavy atom. The first-order valence-electron chi connectivity index (χ1n) is 13.4. The third-order valence-electron chi connectivity index (χ3n) is 7.51. The molecule has 16 heteroatoms. The molecule has 1 aliphatic rings. The number of alkyl halides is 5. The Morgan fingerprint density at radius 3 is 2.44 bits per heavy atom. The van der Waals surface area contributed by atoms with Crippen LogP contribution in [-0.2, 0) is 27.5 Å². The number of amides is 1. The smallest absolute Gasteiger partial charge is 0.364 e. The first-order valence-corrected chi connectivity index (χ1v) is 16.0. The van der Waals surface area contributed by atoms with Crippen LogP contribution in [0.4, 0.5) is 27.8 Å². The van der Waals surface area contributed by atoms with Gasteiger partial charge in [0, 0.05) is 17.3 Å². The average Bonchev–Trinajstić information content (AvgIpc) is 3.54. The summed E-state index contributed by atoms with van der Waals surface area (Å²) in [6.45, 7) is -0.106. The van der Waals surface area contributed by atoms with Gasteiger partial charge in [0.1, 0.15) is 12.4 Å². The summed E-state index contributed by atoms with van der Waals surface area (Å²) < 4.78 is 96.6. The van der Waals surface area contributed by atoms with E-state index in [1.807, 2.05) is 0 Å². The van der Waals surface area contributed by atoms with Crippen LogP contribution in [0.3, 0.4) is 0 Å². The van der Waals surface area contributed by atoms with Crippen molar-refractivity contribution in [2.45, 2.75) is 48.3 Å². The number of likely N-dealkylation sites (tertiary alicyclic amines) is 1. The van der Waals surface area contributed by atoms with Gasteiger partial charge in [-0.25, -0.2) is 13.8 Å². The van der Waals surface area contributed by atoms with Crippen molar-refractivity contribution in [2.75, 3.05) is 11.9 Å². The lowest BCUT2D eigenvalue weighted by Gasteiger charge is -2.36. The highest BCUT2D eigenvalue weighted by atomic mass is 35.5. The zero-order chi connectivity index (χ0) is 32.8. The summed E-state index contributed by atoms with van der Waals surface area (Å²) in [5.41, 5.74) is 5.83. The predicted molar refractivity (Wildman–Crippen MR) is 159 cm³/mol. The van der Waals surface area contributed by atoms with Crippen molar-refractivity contribution in [3.05, 3.63) is 94.1 Å². The first kappa shape index (κ1) is 32.7. The van der Waals surface area contributed by atoms with Gasteiger partial charge in [0.25, 0.3) is 5.91 Å². The summed E-state index contributed by atoms with van der Waals surface area (Å²) in [5.74, 6) is -4.62. The SMILES string of the molecule is CC(Nc1cc(C[N+]2(S(=O)(=O)c3ccc(Cl)s3)CC(F)(F)C[C@H]2C(N)=O)cc(-c2ccc(C(F)(F)F)cc2)n1)c1ccccn1. The molecule has 4 aromatic rings. The van der Waals surface area contributed by atoms with Crippen LogP contribution in [0.5, 0.6) is 0 Å². The second-order valence-electron chi connectivity index (χ2n) is 10.7. The lowest BCUT2D eigenvalue weighted by Crippen LogP contribution is -2.59. The number of aromatic nitrogens is 2. The van der Waals surface area contributed by atoms with Gasteiger partial charge in [0.2, 0.25) is 0 Å². The zero-order valence-electron chi connectivity index (χ0n) is 23.4. The molecule has 238 valence electrons. The molecule has 3 atom stereocenters. The molecular formula is C29H26ClF5N5O3S2+. The number of halogens is 6. The number of sulfonamides is 1. The normalized spacial score (nSPS) is 20.6. The van der Waals surface area contributed by atoms with Crippen LogP contribution in [0.1, 0.15) is 36.2 Å². The van der Waals surface area contributed by atoms with E-state index in [1.54, 1.807) is 31.3 Å². The van der Waals surface area contributed by atoms with E-state index in [0.717, 1.165) is 12.1 Å². The molecule has 0 spiro atoms. The monoisotopic (exact) mass is 686 g/mol. The topological polar surface area (TPSA) is 115 Å². The minimum atomic E-state index is -4.71. The number of carbonyl (C=O) groups is 1. The van der Waals surface area contributed by atoms with E-state index in [1.165, 1.54) is 36.4 Å². The van der Waals surface area contributed by atoms with Gasteiger partial charge >= 0.3 is 22.1 Å². The quantitative estimate of drug-likeness (QED) is 0.151. The molecule has 8 nitrogen and oxygen atoms in total. The van der Waals surface area contributed by atoms with Gasteiger partial charge in [-0.1, -0.05) is 29.8 Å². The summed E-state index contributed by atoms with van der Waals surface area (Å²) in [6, 6.07) is 12.4. The molecule has 3 N–H and O–H groups in total. The maximum absolute atomic E-state index is 15.1. The number of pyridine rings is 2. The fraction of sp³-hybridized carbons (Fsp3) is 0.276. The van der Waals surface area contributed by atoms with E-state index in [0.29, 0.717) is 17.0 Å². The summed E-state index contributed by atoms with van der Waals surface area (Å²) in [4.78, 5) is 21.4. The Bertz CT molecular complexity index is 1820. The van der Waals surface area contributed by atoms with Gasteiger partial charge in [-0.2, -0.15) is 25.5 Å². The van der Waals surface area contributed by atoms with Gasteiger partial charge in [-0.05, 0) is 55.5 Å². The number of rotatable bonds is 9. The van der Waals surface area contributed by atoms with Crippen LogP contribution in [-0.4, -0.2) is 46.7 Å². The molecule has 1 fully saturated rings. The highest BCUT2D eigenvalue weighted by Crippen LogP contribution is 2.46. The van der Waals surface area contributed by atoms with Crippen molar-refractivity contribution in [3.63, 3.8) is 0 Å². The van der Waals surface area contributed by atoms with Gasteiger partial charge in [-0.3, -0.25) is 9.78 Å². The van der Waals surface area contributed by atoms with Crippen LogP contribution in [0.25, 0.3) is 11.3 Å².